The molecular weight excluding hydrogens is 584 g/mol. The lowest BCUT2D eigenvalue weighted by Gasteiger charge is -2.30. The lowest BCUT2D eigenvalue weighted by atomic mass is 9.78. The quantitative estimate of drug-likeness (QED) is 0.251. The predicted octanol–water partition coefficient (Wildman–Crippen LogP) is 8.02. The molecule has 0 bridgehead atoms. The number of para-hydroxylation sites is 2. The first kappa shape index (κ1) is 28.9. The Labute approximate surface area is 250 Å². The number of ketones is 1. The number of halogens is 1. The van der Waals surface area contributed by atoms with Gasteiger partial charge in [-0.05, 0) is 103 Å². The SMILES string of the molecule is CCOc1cc(C2Nc3ccccc3NC3=C2C(=O)CC(c2ccc(OC(C)C)c(OC)c2)C3)cc(Br)c1OCC. The van der Waals surface area contributed by atoms with E-state index < -0.39 is 0 Å². The molecule has 0 radical (unpaired) electrons. The van der Waals surface area contributed by atoms with Gasteiger partial charge in [0, 0.05) is 17.7 Å². The molecule has 3 aromatic carbocycles. The molecule has 0 saturated heterocycles. The molecule has 1 aliphatic heterocycles. The highest BCUT2D eigenvalue weighted by atomic mass is 79.9. The summed E-state index contributed by atoms with van der Waals surface area (Å²) in [5, 5.41) is 7.27. The Morgan fingerprint density at radius 3 is 2.34 bits per heavy atom. The summed E-state index contributed by atoms with van der Waals surface area (Å²) >= 11 is 3.69. The maximum Gasteiger partial charge on any atom is 0.175 e. The van der Waals surface area contributed by atoms with Crippen LogP contribution in [0.4, 0.5) is 11.4 Å². The first-order chi connectivity index (χ1) is 19.8. The van der Waals surface area contributed by atoms with Crippen molar-refractivity contribution in [2.75, 3.05) is 31.0 Å². The molecule has 41 heavy (non-hydrogen) atoms. The van der Waals surface area contributed by atoms with E-state index in [9.17, 15) is 4.79 Å². The maximum atomic E-state index is 14.1. The molecule has 2 atom stereocenters. The van der Waals surface area contributed by atoms with Crippen molar-refractivity contribution in [3.63, 3.8) is 0 Å². The van der Waals surface area contributed by atoms with E-state index in [4.69, 9.17) is 18.9 Å². The largest absolute Gasteiger partial charge is 0.493 e. The average Bonchev–Trinajstić information content (AvgIpc) is 3.12. The Morgan fingerprint density at radius 2 is 1.63 bits per heavy atom. The molecule has 216 valence electrons. The first-order valence-corrected chi connectivity index (χ1v) is 14.9. The zero-order valence-electron chi connectivity index (χ0n) is 24.2. The molecule has 0 amide bonds. The summed E-state index contributed by atoms with van der Waals surface area (Å²) in [5.41, 5.74) is 5.48. The third kappa shape index (κ3) is 6.03. The third-order valence-electron chi connectivity index (χ3n) is 7.28. The van der Waals surface area contributed by atoms with E-state index in [1.807, 2.05) is 82.3 Å². The van der Waals surface area contributed by atoms with Crippen molar-refractivity contribution in [1.82, 2.24) is 0 Å². The summed E-state index contributed by atoms with van der Waals surface area (Å²) < 4.78 is 24.2. The summed E-state index contributed by atoms with van der Waals surface area (Å²) in [6.45, 7) is 8.88. The summed E-state index contributed by atoms with van der Waals surface area (Å²) in [5.74, 6) is 2.76. The van der Waals surface area contributed by atoms with E-state index >= 15 is 0 Å². The lowest BCUT2D eigenvalue weighted by Crippen LogP contribution is -2.27. The second-order valence-electron chi connectivity index (χ2n) is 10.4. The third-order valence-corrected chi connectivity index (χ3v) is 7.87. The van der Waals surface area contributed by atoms with Crippen molar-refractivity contribution >= 4 is 33.1 Å². The summed E-state index contributed by atoms with van der Waals surface area (Å²) in [4.78, 5) is 14.1. The molecule has 8 heteroatoms. The number of anilines is 2. The van der Waals surface area contributed by atoms with Crippen LogP contribution in [0.1, 0.15) is 63.6 Å². The molecule has 2 aliphatic rings. The molecule has 5 rings (SSSR count). The van der Waals surface area contributed by atoms with Gasteiger partial charge >= 0.3 is 0 Å². The smallest absolute Gasteiger partial charge is 0.175 e. The highest BCUT2D eigenvalue weighted by molar-refractivity contribution is 9.10. The number of methoxy groups -OCH3 is 1. The Bertz CT molecular complexity index is 1470. The number of carbonyl (C=O) groups excluding carboxylic acids is 1. The van der Waals surface area contributed by atoms with Gasteiger partial charge < -0.3 is 29.6 Å². The fourth-order valence-corrected chi connectivity index (χ4v) is 6.14. The van der Waals surface area contributed by atoms with Gasteiger partial charge in [-0.15, -0.1) is 0 Å². The highest BCUT2D eigenvalue weighted by Crippen LogP contribution is 2.47. The van der Waals surface area contributed by atoms with Crippen LogP contribution in [0.25, 0.3) is 0 Å². The zero-order chi connectivity index (χ0) is 29.1. The van der Waals surface area contributed by atoms with Gasteiger partial charge in [0.05, 0.1) is 48.3 Å². The molecule has 1 heterocycles. The normalized spacial score (nSPS) is 18.1. The maximum absolute atomic E-state index is 14.1. The summed E-state index contributed by atoms with van der Waals surface area (Å²) in [7, 11) is 1.64. The zero-order valence-corrected chi connectivity index (χ0v) is 25.8. The minimum Gasteiger partial charge on any atom is -0.493 e. The number of hydrogen-bond acceptors (Lipinski definition) is 7. The van der Waals surface area contributed by atoms with Gasteiger partial charge in [-0.1, -0.05) is 18.2 Å². The van der Waals surface area contributed by atoms with Crippen LogP contribution >= 0.6 is 15.9 Å². The van der Waals surface area contributed by atoms with Crippen molar-refractivity contribution in [2.45, 2.75) is 58.6 Å². The van der Waals surface area contributed by atoms with E-state index in [1.165, 1.54) is 0 Å². The molecule has 7 nitrogen and oxygen atoms in total. The van der Waals surface area contributed by atoms with Crippen molar-refractivity contribution in [2.24, 2.45) is 0 Å². The first-order valence-electron chi connectivity index (χ1n) is 14.1. The molecule has 1 aliphatic carbocycles. The van der Waals surface area contributed by atoms with Gasteiger partial charge in [-0.3, -0.25) is 4.79 Å². The van der Waals surface area contributed by atoms with E-state index in [0.29, 0.717) is 49.1 Å². The number of nitrogens with one attached hydrogen (secondary N) is 2. The summed E-state index contributed by atoms with van der Waals surface area (Å²) in [6.07, 6.45) is 1.10. The predicted molar refractivity (Wildman–Crippen MR) is 166 cm³/mol. The minimum atomic E-state index is -0.378. The number of Topliss-reactive ketones (excluding diaryl/α,β-unsaturated/α-hetero) is 1. The molecular formula is C33H37BrN2O5. The Morgan fingerprint density at radius 1 is 0.902 bits per heavy atom. The van der Waals surface area contributed by atoms with Gasteiger partial charge in [0.1, 0.15) is 0 Å². The number of rotatable bonds is 9. The van der Waals surface area contributed by atoms with E-state index in [1.54, 1.807) is 7.11 Å². The van der Waals surface area contributed by atoms with E-state index in [-0.39, 0.29) is 23.8 Å². The monoisotopic (exact) mass is 620 g/mol. The molecule has 3 aromatic rings. The standard InChI is InChI=1S/C33H37BrN2O5/c1-6-39-30-18-22(14-23(34)33(30)40-7-2)32-31-26(35-24-10-8-9-11-25(24)36-32)15-21(16-27(31)37)20-12-13-28(41-19(3)4)29(17-20)38-5/h8-14,17-19,21,32,35-36H,6-7,15-16H2,1-5H3. The fourth-order valence-electron chi connectivity index (χ4n) is 5.57. The second-order valence-corrected chi connectivity index (χ2v) is 11.3. The van der Waals surface area contributed by atoms with Crippen LogP contribution in [0.5, 0.6) is 23.0 Å². The molecule has 0 fully saturated rings. The number of hydrogen-bond donors (Lipinski definition) is 2. The molecule has 2 unspecified atom stereocenters. The summed E-state index contributed by atoms with van der Waals surface area (Å²) in [6, 6.07) is 17.6. The number of carbonyl (C=O) groups is 1. The van der Waals surface area contributed by atoms with E-state index in [0.717, 1.165) is 38.2 Å². The van der Waals surface area contributed by atoms with Crippen LogP contribution < -0.4 is 29.6 Å². The van der Waals surface area contributed by atoms with E-state index in [2.05, 4.69) is 26.6 Å². The Balaban J connectivity index is 1.58. The molecule has 0 saturated carbocycles. The van der Waals surface area contributed by atoms with Crippen molar-refractivity contribution < 1.29 is 23.7 Å². The molecule has 0 aromatic heterocycles. The van der Waals surface area contributed by atoms with Crippen LogP contribution in [0.2, 0.25) is 0 Å². The minimum absolute atomic E-state index is 0.00675. The Hall–Kier alpha value is -3.65. The molecule has 2 N–H and O–H groups in total. The van der Waals surface area contributed by atoms with Gasteiger partial charge in [0.15, 0.2) is 28.8 Å². The van der Waals surface area contributed by atoms with Gasteiger partial charge in [0.2, 0.25) is 0 Å². The number of allylic oxidation sites excluding steroid dienone is 1. The topological polar surface area (TPSA) is 78.1 Å². The highest BCUT2D eigenvalue weighted by Gasteiger charge is 2.37. The van der Waals surface area contributed by atoms with Crippen molar-refractivity contribution in [3.05, 3.63) is 81.5 Å². The van der Waals surface area contributed by atoms with Crippen molar-refractivity contribution in [3.8, 4) is 23.0 Å². The number of benzene rings is 3. The Kier molecular flexibility index (Phi) is 8.78. The van der Waals surface area contributed by atoms with Crippen LogP contribution in [0, 0.1) is 0 Å². The van der Waals surface area contributed by atoms with Gasteiger partial charge in [-0.2, -0.15) is 0 Å². The lowest BCUT2D eigenvalue weighted by molar-refractivity contribution is -0.116. The fraction of sp³-hybridized carbons (Fsp3) is 0.364. The molecule has 0 spiro atoms. The van der Waals surface area contributed by atoms with Gasteiger partial charge in [0.25, 0.3) is 0 Å². The van der Waals surface area contributed by atoms with Crippen LogP contribution in [0.3, 0.4) is 0 Å². The van der Waals surface area contributed by atoms with Gasteiger partial charge in [-0.25, -0.2) is 0 Å². The van der Waals surface area contributed by atoms with Crippen LogP contribution in [-0.4, -0.2) is 32.2 Å². The number of fused-ring (bicyclic) bond motifs is 1. The average molecular weight is 622 g/mol. The van der Waals surface area contributed by atoms with Crippen LogP contribution in [-0.2, 0) is 4.79 Å². The number of ether oxygens (including phenoxy) is 4. The van der Waals surface area contributed by atoms with Crippen molar-refractivity contribution in [1.29, 1.82) is 0 Å². The second kappa shape index (κ2) is 12.5. The van der Waals surface area contributed by atoms with Crippen LogP contribution in [0.15, 0.2) is 70.3 Å².